The molecule has 1 aliphatic heterocycles. The fourth-order valence-corrected chi connectivity index (χ4v) is 4.19. The van der Waals surface area contributed by atoms with E-state index < -0.39 is 0 Å². The summed E-state index contributed by atoms with van der Waals surface area (Å²) in [6, 6.07) is 23.6. The predicted octanol–water partition coefficient (Wildman–Crippen LogP) is 5.30. The molecular weight excluding hydrogens is 386 g/mol. The van der Waals surface area contributed by atoms with Gasteiger partial charge in [-0.2, -0.15) is 0 Å². The van der Waals surface area contributed by atoms with Gasteiger partial charge in [-0.05, 0) is 59.4 Å². The van der Waals surface area contributed by atoms with Crippen LogP contribution in [0.1, 0.15) is 42.1 Å². The third-order valence-electron chi connectivity index (χ3n) is 5.86. The fraction of sp³-hybridized carbons (Fsp3) is 0.296. The first-order chi connectivity index (χ1) is 15.0. The average Bonchev–Trinajstić information content (AvgIpc) is 2.79. The number of fused-ring (bicyclic) bond motifs is 1. The van der Waals surface area contributed by atoms with Crippen molar-refractivity contribution in [1.82, 2.24) is 4.90 Å². The standard InChI is InChI=1S/C27H29NO3/c1-19(2)27(30)28-15-14-22-17-24(31-18-21-6-4-3-5-7-21)12-13-25(22)26(28)16-20-8-10-23(29)11-9-20/h3-13,17,19,26,29H,14-16,18H2,1-2H3. The monoisotopic (exact) mass is 415 g/mol. The number of phenols is 1. The van der Waals surface area contributed by atoms with E-state index in [1.165, 1.54) is 11.1 Å². The van der Waals surface area contributed by atoms with Gasteiger partial charge in [-0.25, -0.2) is 0 Å². The second kappa shape index (κ2) is 9.25. The Morgan fingerprint density at radius 3 is 2.48 bits per heavy atom. The van der Waals surface area contributed by atoms with Crippen LogP contribution in [-0.2, 0) is 24.2 Å². The van der Waals surface area contributed by atoms with Gasteiger partial charge >= 0.3 is 0 Å². The minimum atomic E-state index is -0.0441. The van der Waals surface area contributed by atoms with Crippen molar-refractivity contribution in [3.05, 3.63) is 95.1 Å². The molecule has 4 heteroatoms. The number of hydrogen-bond acceptors (Lipinski definition) is 3. The quantitative estimate of drug-likeness (QED) is 0.595. The molecule has 3 aromatic carbocycles. The molecule has 1 amide bonds. The van der Waals surface area contributed by atoms with Crippen molar-refractivity contribution in [1.29, 1.82) is 0 Å². The number of phenolic OH excluding ortho intramolecular Hbond substituents is 1. The zero-order chi connectivity index (χ0) is 21.8. The molecule has 1 aliphatic rings. The lowest BCUT2D eigenvalue weighted by atomic mass is 9.87. The molecule has 0 bridgehead atoms. The van der Waals surface area contributed by atoms with Gasteiger partial charge in [-0.1, -0.05) is 62.4 Å². The van der Waals surface area contributed by atoms with Gasteiger partial charge in [0.05, 0.1) is 6.04 Å². The number of hydrogen-bond donors (Lipinski definition) is 1. The average molecular weight is 416 g/mol. The van der Waals surface area contributed by atoms with Gasteiger partial charge < -0.3 is 14.7 Å². The lowest BCUT2D eigenvalue weighted by Gasteiger charge is -2.39. The summed E-state index contributed by atoms with van der Waals surface area (Å²) < 4.78 is 6.03. The van der Waals surface area contributed by atoms with Crippen LogP contribution in [0, 0.1) is 5.92 Å². The van der Waals surface area contributed by atoms with Crippen molar-refractivity contribution in [3.63, 3.8) is 0 Å². The maximum Gasteiger partial charge on any atom is 0.225 e. The number of carbonyl (C=O) groups excluding carboxylic acids is 1. The summed E-state index contributed by atoms with van der Waals surface area (Å²) in [7, 11) is 0. The molecule has 3 aromatic rings. The summed E-state index contributed by atoms with van der Waals surface area (Å²) in [4.78, 5) is 15.0. The molecule has 1 N–H and O–H groups in total. The van der Waals surface area contributed by atoms with E-state index in [0.29, 0.717) is 13.2 Å². The Morgan fingerprint density at radius 2 is 1.77 bits per heavy atom. The van der Waals surface area contributed by atoms with Gasteiger partial charge in [0.2, 0.25) is 5.91 Å². The van der Waals surface area contributed by atoms with Gasteiger partial charge in [0, 0.05) is 12.5 Å². The van der Waals surface area contributed by atoms with Crippen LogP contribution in [0.5, 0.6) is 11.5 Å². The van der Waals surface area contributed by atoms with Gasteiger partial charge in [0.25, 0.3) is 0 Å². The van der Waals surface area contributed by atoms with E-state index >= 15 is 0 Å². The molecule has 0 spiro atoms. The van der Waals surface area contributed by atoms with E-state index in [1.54, 1.807) is 12.1 Å². The number of aromatic hydroxyl groups is 1. The van der Waals surface area contributed by atoms with Crippen LogP contribution in [0.3, 0.4) is 0 Å². The third kappa shape index (κ3) is 4.91. The molecule has 0 aromatic heterocycles. The molecule has 0 saturated carbocycles. The van der Waals surface area contributed by atoms with Crippen LogP contribution < -0.4 is 4.74 Å². The van der Waals surface area contributed by atoms with Crippen molar-refractivity contribution in [2.75, 3.05) is 6.54 Å². The first-order valence-electron chi connectivity index (χ1n) is 10.9. The second-order valence-corrected chi connectivity index (χ2v) is 8.46. The number of nitrogens with zero attached hydrogens (tertiary/aromatic N) is 1. The predicted molar refractivity (Wildman–Crippen MR) is 122 cm³/mol. The first kappa shape index (κ1) is 21.0. The second-order valence-electron chi connectivity index (χ2n) is 8.46. The Morgan fingerprint density at radius 1 is 1.03 bits per heavy atom. The van der Waals surface area contributed by atoms with Crippen molar-refractivity contribution in [2.45, 2.75) is 39.3 Å². The molecule has 0 radical (unpaired) electrons. The van der Waals surface area contributed by atoms with Gasteiger partial charge in [-0.15, -0.1) is 0 Å². The number of benzene rings is 3. The molecule has 31 heavy (non-hydrogen) atoms. The van der Waals surface area contributed by atoms with Crippen LogP contribution in [0.2, 0.25) is 0 Å². The van der Waals surface area contributed by atoms with Crippen molar-refractivity contribution < 1.29 is 14.6 Å². The van der Waals surface area contributed by atoms with Crippen LogP contribution in [-0.4, -0.2) is 22.5 Å². The molecule has 0 fully saturated rings. The summed E-state index contributed by atoms with van der Waals surface area (Å²) in [5.41, 5.74) is 4.66. The molecule has 0 saturated heterocycles. The van der Waals surface area contributed by atoms with Crippen molar-refractivity contribution in [3.8, 4) is 11.5 Å². The molecule has 1 unspecified atom stereocenters. The highest BCUT2D eigenvalue weighted by molar-refractivity contribution is 5.79. The van der Waals surface area contributed by atoms with Crippen LogP contribution >= 0.6 is 0 Å². The van der Waals surface area contributed by atoms with Crippen molar-refractivity contribution >= 4 is 5.91 Å². The normalized spacial score (nSPS) is 15.6. The Bertz CT molecular complexity index is 1030. The Kier molecular flexibility index (Phi) is 6.26. The minimum absolute atomic E-state index is 0.0219. The maximum atomic E-state index is 12.9. The smallest absolute Gasteiger partial charge is 0.225 e. The molecule has 1 atom stereocenters. The summed E-state index contributed by atoms with van der Waals surface area (Å²) in [6.45, 7) is 5.15. The minimum Gasteiger partial charge on any atom is -0.508 e. The third-order valence-corrected chi connectivity index (χ3v) is 5.86. The van der Waals surface area contributed by atoms with Crippen LogP contribution in [0.15, 0.2) is 72.8 Å². The summed E-state index contributed by atoms with van der Waals surface area (Å²) in [6.07, 6.45) is 1.54. The van der Waals surface area contributed by atoms with E-state index in [-0.39, 0.29) is 23.6 Å². The lowest BCUT2D eigenvalue weighted by molar-refractivity contribution is -0.137. The van der Waals surface area contributed by atoms with E-state index in [4.69, 9.17) is 4.74 Å². The molecule has 160 valence electrons. The SMILES string of the molecule is CC(C)C(=O)N1CCc2cc(OCc3ccccc3)ccc2C1Cc1ccc(O)cc1. The highest BCUT2D eigenvalue weighted by Gasteiger charge is 2.32. The zero-order valence-corrected chi connectivity index (χ0v) is 18.1. The van der Waals surface area contributed by atoms with E-state index in [0.717, 1.165) is 29.7 Å². The van der Waals surface area contributed by atoms with Crippen LogP contribution in [0.25, 0.3) is 0 Å². The number of amides is 1. The zero-order valence-electron chi connectivity index (χ0n) is 18.1. The van der Waals surface area contributed by atoms with Gasteiger partial charge in [0.1, 0.15) is 18.1 Å². The summed E-state index contributed by atoms with van der Waals surface area (Å²) in [5, 5.41) is 9.62. The topological polar surface area (TPSA) is 49.8 Å². The van der Waals surface area contributed by atoms with Crippen LogP contribution in [0.4, 0.5) is 0 Å². The Balaban J connectivity index is 1.59. The van der Waals surface area contributed by atoms with E-state index in [2.05, 4.69) is 24.3 Å². The number of rotatable bonds is 6. The summed E-state index contributed by atoms with van der Waals surface area (Å²) in [5.74, 6) is 1.24. The molecule has 0 aliphatic carbocycles. The maximum absolute atomic E-state index is 12.9. The van der Waals surface area contributed by atoms with E-state index in [1.807, 2.05) is 55.1 Å². The van der Waals surface area contributed by atoms with E-state index in [9.17, 15) is 9.90 Å². The van der Waals surface area contributed by atoms with Gasteiger partial charge in [-0.3, -0.25) is 4.79 Å². The highest BCUT2D eigenvalue weighted by atomic mass is 16.5. The Hall–Kier alpha value is -3.27. The number of carbonyl (C=O) groups is 1. The lowest BCUT2D eigenvalue weighted by Crippen LogP contribution is -2.43. The largest absolute Gasteiger partial charge is 0.508 e. The molecule has 4 rings (SSSR count). The van der Waals surface area contributed by atoms with Crippen molar-refractivity contribution in [2.24, 2.45) is 5.92 Å². The Labute approximate surface area is 184 Å². The molecule has 4 nitrogen and oxygen atoms in total. The summed E-state index contributed by atoms with van der Waals surface area (Å²) >= 11 is 0. The molecular formula is C27H29NO3. The number of ether oxygens (including phenoxy) is 1. The first-order valence-corrected chi connectivity index (χ1v) is 10.9. The molecule has 1 heterocycles. The fourth-order valence-electron chi connectivity index (χ4n) is 4.19. The van der Waals surface area contributed by atoms with Gasteiger partial charge in [0.15, 0.2) is 0 Å². The highest BCUT2D eigenvalue weighted by Crippen LogP contribution is 2.35.